The van der Waals surface area contributed by atoms with Crippen LogP contribution in [0.2, 0.25) is 0 Å². The molecule has 34 heavy (non-hydrogen) atoms. The molecule has 2 aliphatic carbocycles. The van der Waals surface area contributed by atoms with Gasteiger partial charge in [-0.3, -0.25) is 0 Å². The van der Waals surface area contributed by atoms with Crippen LogP contribution in [0.25, 0.3) is 0 Å². The molecule has 2 saturated carbocycles. The van der Waals surface area contributed by atoms with Crippen molar-refractivity contribution in [2.45, 2.75) is 154 Å². The van der Waals surface area contributed by atoms with E-state index >= 15 is 0 Å². The molecule has 2 fully saturated rings. The average molecular weight is 501 g/mol. The molecule has 0 spiro atoms. The summed E-state index contributed by atoms with van der Waals surface area (Å²) in [5.41, 5.74) is 7.23. The normalized spacial score (nSPS) is 19.9. The van der Waals surface area contributed by atoms with E-state index in [0.717, 1.165) is 11.3 Å². The van der Waals surface area contributed by atoms with Crippen molar-refractivity contribution in [3.63, 3.8) is 0 Å². The van der Waals surface area contributed by atoms with Gasteiger partial charge in [-0.15, -0.1) is 0 Å². The maximum absolute atomic E-state index is 2.73. The third kappa shape index (κ3) is 7.42. The van der Waals surface area contributed by atoms with E-state index < -0.39 is 0 Å². The van der Waals surface area contributed by atoms with E-state index in [4.69, 9.17) is 0 Å². The molecule has 0 radical (unpaired) electrons. The number of hydrogen-bond acceptors (Lipinski definition) is 0. The molecule has 0 bridgehead atoms. The van der Waals surface area contributed by atoms with Gasteiger partial charge < -0.3 is 0 Å². The van der Waals surface area contributed by atoms with Gasteiger partial charge in [-0.05, 0) is 76.1 Å². The van der Waals surface area contributed by atoms with Crippen molar-refractivity contribution in [1.82, 2.24) is 0 Å². The first kappa shape index (κ1) is 28.4. The Hall–Kier alpha value is -0.180. The molecule has 0 aliphatic heterocycles. The molecule has 0 aromatic heterocycles. The van der Waals surface area contributed by atoms with Crippen LogP contribution >= 0.6 is 16.1 Å². The fourth-order valence-corrected chi connectivity index (χ4v) is 11.6. The summed E-state index contributed by atoms with van der Waals surface area (Å²) < 4.78 is 0. The van der Waals surface area contributed by atoms with Crippen LogP contribution in [-0.2, 0) is 16.2 Å². The van der Waals surface area contributed by atoms with E-state index in [1.54, 1.807) is 16.4 Å². The van der Waals surface area contributed by atoms with Crippen molar-refractivity contribution < 1.29 is 0 Å². The Kier molecular flexibility index (Phi) is 9.58. The Balaban J connectivity index is 1.99. The molecule has 0 heterocycles. The summed E-state index contributed by atoms with van der Waals surface area (Å²) in [6.07, 6.45) is 16.4. The first-order valence-corrected chi connectivity index (χ1v) is 16.9. The standard InChI is InChI=1S/C32H54P2/c1-30(2,3)24-22-27(31(4,5)6)29(28(23-24)32(7,8)9)33-20-21-34(25-16-12-10-13-17-25)26-18-14-11-15-19-26/h20,22-23,25-26H,10-19,21H2,1-9H3. The summed E-state index contributed by atoms with van der Waals surface area (Å²) in [7, 11) is 1.61. The van der Waals surface area contributed by atoms with Gasteiger partial charge in [-0.25, -0.2) is 0 Å². The number of benzene rings is 1. The van der Waals surface area contributed by atoms with Crippen LogP contribution in [0.4, 0.5) is 0 Å². The molecule has 0 saturated heterocycles. The highest BCUT2D eigenvalue weighted by Crippen LogP contribution is 2.55. The minimum atomic E-state index is 0.144. The first-order valence-electron chi connectivity index (χ1n) is 14.3. The number of hydrogen-bond donors (Lipinski definition) is 0. The molecule has 3 rings (SSSR count). The Labute approximate surface area is 216 Å². The van der Waals surface area contributed by atoms with Crippen molar-refractivity contribution in [3.05, 3.63) is 28.8 Å². The average Bonchev–Trinajstić information content (AvgIpc) is 2.75. The van der Waals surface area contributed by atoms with E-state index in [2.05, 4.69) is 80.2 Å². The Bertz CT molecular complexity index is 763. The van der Waals surface area contributed by atoms with Crippen molar-refractivity contribution in [3.8, 4) is 0 Å². The SMILES string of the molecule is CC(C)(C)c1cc(C(C)(C)C)c(P=CCP(C2CCCCC2)C2CCCCC2)c(C(C)(C)C)c1. The lowest BCUT2D eigenvalue weighted by Crippen LogP contribution is -2.30. The van der Waals surface area contributed by atoms with Crippen LogP contribution in [0.3, 0.4) is 0 Å². The van der Waals surface area contributed by atoms with Gasteiger partial charge in [-0.1, -0.05) is 135 Å². The third-order valence-corrected chi connectivity index (χ3v) is 13.1. The number of rotatable bonds is 5. The van der Waals surface area contributed by atoms with E-state index in [-0.39, 0.29) is 24.2 Å². The maximum Gasteiger partial charge on any atom is 0.00897 e. The van der Waals surface area contributed by atoms with Crippen LogP contribution in [-0.4, -0.2) is 23.3 Å². The Morgan fingerprint density at radius 3 is 1.44 bits per heavy atom. The lowest BCUT2D eigenvalue weighted by atomic mass is 9.75. The second kappa shape index (κ2) is 11.5. The van der Waals surface area contributed by atoms with E-state index in [1.165, 1.54) is 84.1 Å². The van der Waals surface area contributed by atoms with Gasteiger partial charge in [0, 0.05) is 5.30 Å². The van der Waals surface area contributed by atoms with Gasteiger partial charge in [-0.2, -0.15) is 0 Å². The van der Waals surface area contributed by atoms with Crippen LogP contribution in [0, 0.1) is 0 Å². The van der Waals surface area contributed by atoms with Gasteiger partial charge in [0.15, 0.2) is 0 Å². The summed E-state index contributed by atoms with van der Waals surface area (Å²) in [6, 6.07) is 5.10. The minimum Gasteiger partial charge on any atom is -0.0961 e. The van der Waals surface area contributed by atoms with Crippen LogP contribution in [0.1, 0.15) is 143 Å². The van der Waals surface area contributed by atoms with Gasteiger partial charge in [0.1, 0.15) is 0 Å². The zero-order valence-corrected chi connectivity index (χ0v) is 25.8. The lowest BCUT2D eigenvalue weighted by molar-refractivity contribution is 0.485. The summed E-state index contributed by atoms with van der Waals surface area (Å²) in [5, 5.41) is 1.61. The molecular formula is C32H54P2. The Morgan fingerprint density at radius 2 is 1.09 bits per heavy atom. The molecule has 0 unspecified atom stereocenters. The molecule has 0 amide bonds. The molecule has 0 atom stereocenters. The zero-order chi connectivity index (χ0) is 25.1. The third-order valence-electron chi connectivity index (χ3n) is 8.19. The molecule has 0 N–H and O–H groups in total. The van der Waals surface area contributed by atoms with Gasteiger partial charge in [0.25, 0.3) is 0 Å². The lowest BCUT2D eigenvalue weighted by Gasteiger charge is -2.38. The van der Waals surface area contributed by atoms with E-state index in [9.17, 15) is 0 Å². The molecule has 1 aromatic carbocycles. The molecule has 0 nitrogen and oxygen atoms in total. The Morgan fingerprint density at radius 1 is 0.676 bits per heavy atom. The molecular weight excluding hydrogens is 446 g/mol. The second-order valence-corrected chi connectivity index (χ2v) is 18.2. The highest BCUT2D eigenvalue weighted by atomic mass is 31.1. The van der Waals surface area contributed by atoms with Gasteiger partial charge >= 0.3 is 0 Å². The summed E-state index contributed by atoms with van der Waals surface area (Å²) in [6.45, 7) is 21.6. The van der Waals surface area contributed by atoms with Crippen LogP contribution < -0.4 is 5.30 Å². The zero-order valence-electron chi connectivity index (χ0n) is 24.1. The molecule has 192 valence electrons. The van der Waals surface area contributed by atoms with Crippen molar-refractivity contribution in [2.24, 2.45) is 0 Å². The summed E-state index contributed by atoms with van der Waals surface area (Å²) in [4.78, 5) is 0. The summed E-state index contributed by atoms with van der Waals surface area (Å²) in [5.74, 6) is 2.73. The molecule has 1 aromatic rings. The first-order chi connectivity index (χ1) is 15.8. The smallest absolute Gasteiger partial charge is 0.00897 e. The maximum atomic E-state index is 2.73. The monoisotopic (exact) mass is 500 g/mol. The highest BCUT2D eigenvalue weighted by Gasteiger charge is 2.31. The van der Waals surface area contributed by atoms with Gasteiger partial charge in [0.05, 0.1) is 0 Å². The summed E-state index contributed by atoms with van der Waals surface area (Å²) >= 11 is 0. The quantitative estimate of drug-likeness (QED) is 0.353. The second-order valence-electron chi connectivity index (χ2n) is 14.3. The van der Waals surface area contributed by atoms with E-state index in [0.29, 0.717) is 0 Å². The highest BCUT2D eigenvalue weighted by molar-refractivity contribution is 7.61. The topological polar surface area (TPSA) is 0 Å². The molecule has 2 aliphatic rings. The van der Waals surface area contributed by atoms with Crippen molar-refractivity contribution in [2.75, 3.05) is 6.16 Å². The predicted molar refractivity (Wildman–Crippen MR) is 161 cm³/mol. The predicted octanol–water partition coefficient (Wildman–Crippen LogP) is 10.1. The fourth-order valence-electron chi connectivity index (χ4n) is 6.00. The van der Waals surface area contributed by atoms with Crippen molar-refractivity contribution >= 4 is 27.2 Å². The van der Waals surface area contributed by atoms with Crippen molar-refractivity contribution in [1.29, 1.82) is 0 Å². The largest absolute Gasteiger partial charge is 0.0961 e. The minimum absolute atomic E-state index is 0.144. The van der Waals surface area contributed by atoms with Crippen LogP contribution in [0.15, 0.2) is 12.1 Å². The van der Waals surface area contributed by atoms with Gasteiger partial charge in [0.2, 0.25) is 0 Å². The molecule has 2 heteroatoms. The van der Waals surface area contributed by atoms with E-state index in [1.807, 2.05) is 0 Å². The van der Waals surface area contributed by atoms with Crippen LogP contribution in [0.5, 0.6) is 0 Å². The fraction of sp³-hybridized carbons (Fsp3) is 0.781.